The van der Waals surface area contributed by atoms with E-state index < -0.39 is 10.0 Å². The lowest BCUT2D eigenvalue weighted by Crippen LogP contribution is -2.29. The standard InChI is InChI=1S/C20H19ClN4O2S/c1-25(28(26,27)20-12-17(21)10-9-16(20)14-22)11-5-8-18-13-19(24-23-18)15-6-3-2-4-7-15/h2-4,6-7,9-10,12-13H,5,8,11H2,1H3,(H,23,24). The zero-order valence-corrected chi connectivity index (χ0v) is 16.8. The Bertz CT molecular complexity index is 1100. The van der Waals surface area contributed by atoms with Crippen molar-refractivity contribution >= 4 is 21.6 Å². The van der Waals surface area contributed by atoms with Gasteiger partial charge >= 0.3 is 0 Å². The Morgan fingerprint density at radius 1 is 1.18 bits per heavy atom. The molecule has 0 aliphatic heterocycles. The van der Waals surface area contributed by atoms with Crippen molar-refractivity contribution < 1.29 is 8.42 Å². The Kier molecular flexibility index (Phi) is 6.15. The molecule has 0 aliphatic carbocycles. The highest BCUT2D eigenvalue weighted by atomic mass is 35.5. The van der Waals surface area contributed by atoms with Crippen molar-refractivity contribution in [3.63, 3.8) is 0 Å². The van der Waals surface area contributed by atoms with Crippen LogP contribution in [0.5, 0.6) is 0 Å². The number of sulfonamides is 1. The second kappa shape index (κ2) is 8.57. The second-order valence-corrected chi connectivity index (χ2v) is 8.78. The Morgan fingerprint density at radius 3 is 2.64 bits per heavy atom. The van der Waals surface area contributed by atoms with Crippen molar-refractivity contribution in [3.8, 4) is 17.3 Å². The number of halogens is 1. The van der Waals surface area contributed by atoms with E-state index in [4.69, 9.17) is 11.6 Å². The Morgan fingerprint density at radius 2 is 1.93 bits per heavy atom. The lowest BCUT2D eigenvalue weighted by molar-refractivity contribution is 0.460. The van der Waals surface area contributed by atoms with E-state index in [2.05, 4.69) is 10.2 Å². The van der Waals surface area contributed by atoms with E-state index in [1.807, 2.05) is 42.5 Å². The molecule has 28 heavy (non-hydrogen) atoms. The van der Waals surface area contributed by atoms with Crippen LogP contribution in [0.4, 0.5) is 0 Å². The summed E-state index contributed by atoms with van der Waals surface area (Å²) in [6, 6.07) is 17.9. The summed E-state index contributed by atoms with van der Waals surface area (Å²) < 4.78 is 26.8. The normalized spacial score (nSPS) is 11.5. The molecule has 3 rings (SSSR count). The van der Waals surface area contributed by atoms with Gasteiger partial charge in [0.2, 0.25) is 10.0 Å². The zero-order chi connectivity index (χ0) is 20.1. The second-order valence-electron chi connectivity index (χ2n) is 6.33. The summed E-state index contributed by atoms with van der Waals surface area (Å²) in [7, 11) is -2.30. The molecule has 1 heterocycles. The topological polar surface area (TPSA) is 89.8 Å². The third kappa shape index (κ3) is 4.42. The molecule has 2 aromatic carbocycles. The van der Waals surface area contributed by atoms with Crippen molar-refractivity contribution in [2.75, 3.05) is 13.6 Å². The van der Waals surface area contributed by atoms with Crippen LogP contribution in [0, 0.1) is 11.3 Å². The van der Waals surface area contributed by atoms with Crippen molar-refractivity contribution in [2.45, 2.75) is 17.7 Å². The number of nitrogens with zero attached hydrogens (tertiary/aromatic N) is 3. The number of nitrogens with one attached hydrogen (secondary N) is 1. The zero-order valence-electron chi connectivity index (χ0n) is 15.3. The highest BCUT2D eigenvalue weighted by Crippen LogP contribution is 2.23. The van der Waals surface area contributed by atoms with Gasteiger partial charge in [-0.15, -0.1) is 0 Å². The van der Waals surface area contributed by atoms with E-state index in [1.165, 1.54) is 29.6 Å². The fraction of sp³-hybridized carbons (Fsp3) is 0.200. The predicted molar refractivity (Wildman–Crippen MR) is 108 cm³/mol. The summed E-state index contributed by atoms with van der Waals surface area (Å²) in [5.41, 5.74) is 2.89. The van der Waals surface area contributed by atoms with Gasteiger partial charge in [-0.25, -0.2) is 12.7 Å². The van der Waals surface area contributed by atoms with Crippen LogP contribution in [0.2, 0.25) is 5.02 Å². The number of aromatic amines is 1. The minimum Gasteiger partial charge on any atom is -0.282 e. The fourth-order valence-corrected chi connectivity index (χ4v) is 4.44. The van der Waals surface area contributed by atoms with E-state index in [0.29, 0.717) is 19.4 Å². The molecule has 144 valence electrons. The number of aryl methyl sites for hydroxylation is 1. The van der Waals surface area contributed by atoms with Crippen LogP contribution in [0.25, 0.3) is 11.3 Å². The van der Waals surface area contributed by atoms with Crippen molar-refractivity contribution in [1.29, 1.82) is 5.26 Å². The van der Waals surface area contributed by atoms with Crippen LogP contribution in [0.3, 0.4) is 0 Å². The summed E-state index contributed by atoms with van der Waals surface area (Å²) in [5, 5.41) is 16.8. The third-order valence-corrected chi connectivity index (χ3v) is 6.50. The molecule has 3 aromatic rings. The number of aromatic nitrogens is 2. The molecular formula is C20H19ClN4O2S. The molecule has 0 bridgehead atoms. The Labute approximate surface area is 169 Å². The highest BCUT2D eigenvalue weighted by molar-refractivity contribution is 7.89. The molecule has 0 amide bonds. The van der Waals surface area contributed by atoms with Crippen molar-refractivity contribution in [3.05, 3.63) is 70.9 Å². The van der Waals surface area contributed by atoms with Gasteiger partial charge < -0.3 is 0 Å². The monoisotopic (exact) mass is 414 g/mol. The van der Waals surface area contributed by atoms with Gasteiger partial charge in [0.05, 0.1) is 11.3 Å². The Balaban J connectivity index is 1.65. The van der Waals surface area contributed by atoms with Gasteiger partial charge in [0.15, 0.2) is 0 Å². The molecular weight excluding hydrogens is 396 g/mol. The van der Waals surface area contributed by atoms with Crippen LogP contribution in [0.15, 0.2) is 59.5 Å². The van der Waals surface area contributed by atoms with E-state index in [0.717, 1.165) is 17.0 Å². The van der Waals surface area contributed by atoms with Gasteiger partial charge in [0.1, 0.15) is 11.0 Å². The lowest BCUT2D eigenvalue weighted by atomic mass is 10.1. The van der Waals surface area contributed by atoms with Crippen molar-refractivity contribution in [1.82, 2.24) is 14.5 Å². The van der Waals surface area contributed by atoms with E-state index >= 15 is 0 Å². The smallest absolute Gasteiger partial charge is 0.244 e. The summed E-state index contributed by atoms with van der Waals surface area (Å²) >= 11 is 5.92. The first-order valence-electron chi connectivity index (χ1n) is 8.67. The van der Waals surface area contributed by atoms with Crippen LogP contribution in [-0.4, -0.2) is 36.5 Å². The predicted octanol–water partition coefficient (Wildman–Crippen LogP) is 3.86. The molecule has 1 aromatic heterocycles. The average Bonchev–Trinajstić information content (AvgIpc) is 3.17. The molecule has 8 heteroatoms. The first kappa shape index (κ1) is 20.1. The van der Waals surface area contributed by atoms with Crippen LogP contribution >= 0.6 is 11.6 Å². The maximum absolute atomic E-state index is 12.8. The van der Waals surface area contributed by atoms with Crippen molar-refractivity contribution in [2.24, 2.45) is 0 Å². The van der Waals surface area contributed by atoms with Gasteiger partial charge in [-0.1, -0.05) is 41.9 Å². The maximum atomic E-state index is 12.8. The van der Waals surface area contributed by atoms with Gasteiger partial charge in [-0.05, 0) is 37.1 Å². The minimum absolute atomic E-state index is 0.0714. The average molecular weight is 415 g/mol. The first-order chi connectivity index (χ1) is 13.4. The molecule has 0 saturated carbocycles. The molecule has 0 aliphatic rings. The van der Waals surface area contributed by atoms with Crippen LogP contribution in [-0.2, 0) is 16.4 Å². The molecule has 0 atom stereocenters. The molecule has 0 saturated heterocycles. The molecule has 0 radical (unpaired) electrons. The third-order valence-electron chi connectivity index (χ3n) is 4.37. The summed E-state index contributed by atoms with van der Waals surface area (Å²) in [6.07, 6.45) is 1.26. The number of benzene rings is 2. The number of nitriles is 1. The van der Waals surface area contributed by atoms with E-state index in [-0.39, 0.29) is 15.5 Å². The number of hydrogen-bond donors (Lipinski definition) is 1. The quantitative estimate of drug-likeness (QED) is 0.635. The number of rotatable bonds is 7. The summed E-state index contributed by atoms with van der Waals surface area (Å²) in [4.78, 5) is -0.0714. The van der Waals surface area contributed by atoms with E-state index in [1.54, 1.807) is 0 Å². The first-order valence-corrected chi connectivity index (χ1v) is 10.5. The molecule has 0 unspecified atom stereocenters. The van der Waals surface area contributed by atoms with Gasteiger partial charge in [-0.3, -0.25) is 5.10 Å². The highest BCUT2D eigenvalue weighted by Gasteiger charge is 2.24. The summed E-state index contributed by atoms with van der Waals surface area (Å²) in [5.74, 6) is 0. The molecule has 1 N–H and O–H groups in total. The van der Waals surface area contributed by atoms with Crippen LogP contribution in [0.1, 0.15) is 17.7 Å². The van der Waals surface area contributed by atoms with E-state index in [9.17, 15) is 13.7 Å². The number of hydrogen-bond acceptors (Lipinski definition) is 4. The van der Waals surface area contributed by atoms with Gasteiger partial charge in [-0.2, -0.15) is 10.4 Å². The number of H-pyrrole nitrogens is 1. The molecule has 0 fully saturated rings. The van der Waals surface area contributed by atoms with Crippen LogP contribution < -0.4 is 0 Å². The SMILES string of the molecule is CN(CCCc1cc(-c2ccccc2)n[nH]1)S(=O)(=O)c1cc(Cl)ccc1C#N. The van der Waals surface area contributed by atoms with Gasteiger partial charge in [0.25, 0.3) is 0 Å². The maximum Gasteiger partial charge on any atom is 0.244 e. The summed E-state index contributed by atoms with van der Waals surface area (Å²) in [6.45, 7) is 0.305. The largest absolute Gasteiger partial charge is 0.282 e. The minimum atomic E-state index is -3.80. The molecule has 0 spiro atoms. The molecule has 6 nitrogen and oxygen atoms in total. The fourth-order valence-electron chi connectivity index (χ4n) is 2.83. The Hall–Kier alpha value is -2.66. The lowest BCUT2D eigenvalue weighted by Gasteiger charge is -2.18. The van der Waals surface area contributed by atoms with Gasteiger partial charge in [0, 0.05) is 29.9 Å².